The molecule has 1 aliphatic rings. The monoisotopic (exact) mass is 704 g/mol. The van der Waals surface area contributed by atoms with E-state index >= 15 is 0 Å². The summed E-state index contributed by atoms with van der Waals surface area (Å²) in [6.45, 7) is 0.527. The summed E-state index contributed by atoms with van der Waals surface area (Å²) in [5.74, 6) is 1.07. The Balaban J connectivity index is 1.48. The van der Waals surface area contributed by atoms with Gasteiger partial charge in [-0.25, -0.2) is 0 Å². The van der Waals surface area contributed by atoms with E-state index < -0.39 is 0 Å². The lowest BCUT2D eigenvalue weighted by Gasteiger charge is -2.14. The number of hydrogen-bond donors (Lipinski definition) is 1. The third-order valence-electron chi connectivity index (χ3n) is 5.14. The number of methoxy groups -OCH3 is 2. The van der Waals surface area contributed by atoms with Crippen molar-refractivity contribution < 1.29 is 19.1 Å². The molecule has 2 aromatic rings. The Kier molecular flexibility index (Phi) is 10.7. The molecule has 0 atom stereocenters. The SMILES string of the molecule is COc1ccc(/C=C2\SC(=S)N(CCCCCC(=O)Nc3c(Br)cc(Br)cc3Br)C2=O)cc1OC. The van der Waals surface area contributed by atoms with Gasteiger partial charge in [0.15, 0.2) is 11.5 Å². The number of thiocarbonyl (C=S) groups is 1. The van der Waals surface area contributed by atoms with E-state index in [1.807, 2.05) is 30.3 Å². The number of thioether (sulfide) groups is 1. The molecule has 1 heterocycles. The van der Waals surface area contributed by atoms with Gasteiger partial charge >= 0.3 is 0 Å². The first-order chi connectivity index (χ1) is 16.7. The van der Waals surface area contributed by atoms with Gasteiger partial charge < -0.3 is 14.8 Å². The number of nitrogens with one attached hydrogen (secondary N) is 1. The largest absolute Gasteiger partial charge is 0.493 e. The van der Waals surface area contributed by atoms with Gasteiger partial charge in [0.25, 0.3) is 5.91 Å². The highest BCUT2D eigenvalue weighted by Gasteiger charge is 2.31. The van der Waals surface area contributed by atoms with Gasteiger partial charge in [0, 0.05) is 26.4 Å². The maximum absolute atomic E-state index is 12.9. The topological polar surface area (TPSA) is 67.9 Å². The third-order valence-corrected chi connectivity index (χ3v) is 8.22. The molecule has 1 aliphatic heterocycles. The number of anilines is 1. The average molecular weight is 707 g/mol. The maximum atomic E-state index is 12.9. The summed E-state index contributed by atoms with van der Waals surface area (Å²) in [5.41, 5.74) is 1.54. The fraction of sp³-hybridized carbons (Fsp3) is 0.292. The van der Waals surface area contributed by atoms with E-state index in [-0.39, 0.29) is 11.8 Å². The van der Waals surface area contributed by atoms with Crippen LogP contribution in [0.4, 0.5) is 5.69 Å². The molecule has 186 valence electrons. The molecule has 6 nitrogen and oxygen atoms in total. The molecule has 0 aromatic heterocycles. The van der Waals surface area contributed by atoms with Crippen LogP contribution in [0.3, 0.4) is 0 Å². The lowest BCUT2D eigenvalue weighted by atomic mass is 10.1. The van der Waals surface area contributed by atoms with E-state index in [0.29, 0.717) is 45.8 Å². The average Bonchev–Trinajstić information content (AvgIpc) is 3.08. The van der Waals surface area contributed by atoms with Crippen molar-refractivity contribution in [2.24, 2.45) is 0 Å². The third kappa shape index (κ3) is 7.55. The number of carbonyl (C=O) groups excluding carboxylic acids is 2. The van der Waals surface area contributed by atoms with Gasteiger partial charge in [0.05, 0.1) is 24.8 Å². The van der Waals surface area contributed by atoms with E-state index in [4.69, 9.17) is 21.7 Å². The second-order valence-corrected chi connectivity index (χ2v) is 11.9. The lowest BCUT2D eigenvalue weighted by Crippen LogP contribution is -2.29. The highest BCUT2D eigenvalue weighted by atomic mass is 79.9. The Morgan fingerprint density at radius 2 is 1.74 bits per heavy atom. The van der Waals surface area contributed by atoms with Crippen LogP contribution in [0.5, 0.6) is 11.5 Å². The minimum atomic E-state index is -0.0996. The van der Waals surface area contributed by atoms with Crippen LogP contribution < -0.4 is 14.8 Å². The molecule has 0 radical (unpaired) electrons. The highest BCUT2D eigenvalue weighted by molar-refractivity contribution is 9.11. The normalized spacial score (nSPS) is 14.5. The molecule has 0 saturated carbocycles. The summed E-state index contributed by atoms with van der Waals surface area (Å²) in [7, 11) is 3.15. The lowest BCUT2D eigenvalue weighted by molar-refractivity contribution is -0.122. The number of benzene rings is 2. The predicted octanol–water partition coefficient (Wildman–Crippen LogP) is 7.39. The summed E-state index contributed by atoms with van der Waals surface area (Å²) < 4.78 is 13.6. The molecule has 1 N–H and O–H groups in total. The number of carbonyl (C=O) groups is 2. The Bertz CT molecular complexity index is 1150. The first kappa shape index (κ1) is 28.2. The molecule has 2 aromatic carbocycles. The molecule has 0 unspecified atom stereocenters. The number of ether oxygens (including phenoxy) is 2. The predicted molar refractivity (Wildman–Crippen MR) is 156 cm³/mol. The van der Waals surface area contributed by atoms with Gasteiger partial charge in [-0.15, -0.1) is 0 Å². The van der Waals surface area contributed by atoms with Crippen molar-refractivity contribution in [3.8, 4) is 11.5 Å². The number of unbranched alkanes of at least 4 members (excludes halogenated alkanes) is 2. The van der Waals surface area contributed by atoms with Crippen molar-refractivity contribution in [2.45, 2.75) is 25.7 Å². The van der Waals surface area contributed by atoms with Crippen LogP contribution in [-0.4, -0.2) is 41.8 Å². The number of nitrogens with zero attached hydrogens (tertiary/aromatic N) is 1. The Morgan fingerprint density at radius 3 is 2.40 bits per heavy atom. The van der Waals surface area contributed by atoms with Crippen molar-refractivity contribution in [1.29, 1.82) is 0 Å². The van der Waals surface area contributed by atoms with Crippen LogP contribution >= 0.6 is 71.8 Å². The second-order valence-electron chi connectivity index (χ2n) is 7.55. The summed E-state index contributed by atoms with van der Waals surface area (Å²) >= 11 is 17.1. The van der Waals surface area contributed by atoms with E-state index in [2.05, 4.69) is 53.1 Å². The van der Waals surface area contributed by atoms with Crippen LogP contribution in [0.15, 0.2) is 48.7 Å². The molecule has 3 rings (SSSR count). The summed E-state index contributed by atoms with van der Waals surface area (Å²) in [6.07, 6.45) is 4.49. The van der Waals surface area contributed by atoms with Gasteiger partial charge in [-0.05, 0) is 80.6 Å². The molecule has 0 aliphatic carbocycles. The zero-order valence-corrected chi connectivity index (χ0v) is 25.4. The van der Waals surface area contributed by atoms with E-state index in [9.17, 15) is 9.59 Å². The quantitative estimate of drug-likeness (QED) is 0.158. The number of hydrogen-bond acceptors (Lipinski definition) is 6. The number of rotatable bonds is 10. The fourth-order valence-corrected chi connectivity index (χ4v) is 7.15. The van der Waals surface area contributed by atoms with Crippen molar-refractivity contribution in [1.82, 2.24) is 4.90 Å². The van der Waals surface area contributed by atoms with Gasteiger partial charge in [-0.1, -0.05) is 52.4 Å². The molecule has 0 spiro atoms. The van der Waals surface area contributed by atoms with E-state index in [0.717, 1.165) is 31.8 Å². The van der Waals surface area contributed by atoms with Crippen molar-refractivity contribution in [3.05, 3.63) is 54.2 Å². The molecule has 1 saturated heterocycles. The van der Waals surface area contributed by atoms with Gasteiger partial charge in [-0.2, -0.15) is 0 Å². The van der Waals surface area contributed by atoms with Crippen LogP contribution in [0.1, 0.15) is 31.2 Å². The van der Waals surface area contributed by atoms with Crippen molar-refractivity contribution in [2.75, 3.05) is 26.1 Å². The molecular weight excluding hydrogens is 684 g/mol. The van der Waals surface area contributed by atoms with Crippen LogP contribution in [0.25, 0.3) is 6.08 Å². The van der Waals surface area contributed by atoms with Crippen LogP contribution in [0.2, 0.25) is 0 Å². The first-order valence-corrected chi connectivity index (χ1v) is 14.3. The van der Waals surface area contributed by atoms with E-state index in [1.54, 1.807) is 25.2 Å². The highest BCUT2D eigenvalue weighted by Crippen LogP contribution is 2.36. The number of halogens is 3. The Labute approximate surface area is 239 Å². The zero-order chi connectivity index (χ0) is 25.5. The van der Waals surface area contributed by atoms with Gasteiger partial charge in [0.1, 0.15) is 4.32 Å². The minimum Gasteiger partial charge on any atom is -0.493 e. The summed E-state index contributed by atoms with van der Waals surface area (Å²) in [6, 6.07) is 9.24. The molecule has 35 heavy (non-hydrogen) atoms. The summed E-state index contributed by atoms with van der Waals surface area (Å²) in [4.78, 5) is 27.4. The molecule has 2 amide bonds. The molecule has 0 bridgehead atoms. The van der Waals surface area contributed by atoms with Crippen molar-refractivity contribution in [3.63, 3.8) is 0 Å². The van der Waals surface area contributed by atoms with Crippen LogP contribution in [-0.2, 0) is 9.59 Å². The van der Waals surface area contributed by atoms with Crippen LogP contribution in [0, 0.1) is 0 Å². The molecule has 11 heteroatoms. The zero-order valence-electron chi connectivity index (χ0n) is 19.0. The Morgan fingerprint density at radius 1 is 1.06 bits per heavy atom. The Hall–Kier alpha value is -1.40. The van der Waals surface area contributed by atoms with Gasteiger partial charge in [-0.3, -0.25) is 14.5 Å². The second kappa shape index (κ2) is 13.2. The first-order valence-electron chi connectivity index (χ1n) is 10.6. The van der Waals surface area contributed by atoms with E-state index in [1.165, 1.54) is 11.8 Å². The molecular formula is C24H23Br3N2O4S2. The van der Waals surface area contributed by atoms with Crippen molar-refractivity contribution >= 4 is 99.7 Å². The van der Waals surface area contributed by atoms with Gasteiger partial charge in [0.2, 0.25) is 5.91 Å². The smallest absolute Gasteiger partial charge is 0.266 e. The fourth-order valence-electron chi connectivity index (χ4n) is 3.38. The molecule has 1 fully saturated rings. The summed E-state index contributed by atoms with van der Waals surface area (Å²) in [5, 5.41) is 2.93. The minimum absolute atomic E-state index is 0.0582. The number of amides is 2. The standard InChI is InChI=1S/C24H23Br3N2O4S2/c1-32-18-8-7-14(10-19(18)33-2)11-20-23(31)29(24(34)35-20)9-5-3-4-6-21(30)28-22-16(26)12-15(25)13-17(22)27/h7-8,10-13H,3-6,9H2,1-2H3,(H,28,30)/b20-11-. The maximum Gasteiger partial charge on any atom is 0.266 e.